The third-order valence-electron chi connectivity index (χ3n) is 3.84. The van der Waals surface area contributed by atoms with E-state index in [-0.39, 0.29) is 11.9 Å². The van der Waals surface area contributed by atoms with E-state index in [2.05, 4.69) is 15.5 Å². The maximum atomic E-state index is 12.4. The molecule has 0 spiro atoms. The van der Waals surface area contributed by atoms with Crippen LogP contribution in [0.3, 0.4) is 0 Å². The number of nitrogens with one attached hydrogen (secondary N) is 2. The molecular weight excluding hydrogens is 323 g/mol. The number of aromatic nitrogens is 2. The number of hydrogen-bond acceptors (Lipinski definition) is 2. The van der Waals surface area contributed by atoms with Crippen LogP contribution in [0.15, 0.2) is 30.5 Å². The maximum Gasteiger partial charge on any atom is 0.321 e. The van der Waals surface area contributed by atoms with Crippen LogP contribution in [-0.2, 0) is 0 Å². The second kappa shape index (κ2) is 6.58. The van der Waals surface area contributed by atoms with Crippen LogP contribution in [0, 0.1) is 0 Å². The van der Waals surface area contributed by atoms with Gasteiger partial charge in [-0.15, -0.1) is 0 Å². The Morgan fingerprint density at radius 2 is 2.23 bits per heavy atom. The van der Waals surface area contributed by atoms with E-state index in [1.165, 1.54) is 0 Å². The number of amides is 2. The van der Waals surface area contributed by atoms with E-state index in [1.54, 1.807) is 29.3 Å². The topological polar surface area (TPSA) is 61.0 Å². The fourth-order valence-corrected chi connectivity index (χ4v) is 3.03. The van der Waals surface area contributed by atoms with Crippen LogP contribution in [-0.4, -0.2) is 34.2 Å². The Bertz CT molecular complexity index is 660. The SMILES string of the molecule is O=C(Nc1cc(Cl)ccc1Cl)N1CCCC(c2ccn[nH]2)C1. The molecule has 0 bridgehead atoms. The first kappa shape index (κ1) is 15.2. The van der Waals surface area contributed by atoms with Gasteiger partial charge in [0.1, 0.15) is 0 Å². The Balaban J connectivity index is 1.68. The summed E-state index contributed by atoms with van der Waals surface area (Å²) in [5.74, 6) is 0.289. The van der Waals surface area contributed by atoms with Gasteiger partial charge in [0.15, 0.2) is 0 Å². The molecule has 1 aromatic carbocycles. The molecule has 1 saturated heterocycles. The number of benzene rings is 1. The fourth-order valence-electron chi connectivity index (χ4n) is 2.70. The maximum absolute atomic E-state index is 12.4. The number of piperidine rings is 1. The van der Waals surface area contributed by atoms with Crippen LogP contribution in [0.2, 0.25) is 10.0 Å². The highest BCUT2D eigenvalue weighted by atomic mass is 35.5. The van der Waals surface area contributed by atoms with Crippen molar-refractivity contribution in [3.05, 3.63) is 46.2 Å². The molecule has 22 heavy (non-hydrogen) atoms. The van der Waals surface area contributed by atoms with E-state index in [1.807, 2.05) is 6.07 Å². The lowest BCUT2D eigenvalue weighted by Gasteiger charge is -2.32. The second-order valence-corrected chi connectivity index (χ2v) is 6.20. The molecule has 2 heterocycles. The number of rotatable bonds is 2. The predicted molar refractivity (Wildman–Crippen MR) is 87.6 cm³/mol. The smallest absolute Gasteiger partial charge is 0.321 e. The van der Waals surface area contributed by atoms with Gasteiger partial charge in [0.25, 0.3) is 0 Å². The molecule has 7 heteroatoms. The van der Waals surface area contributed by atoms with E-state index in [0.29, 0.717) is 22.3 Å². The van der Waals surface area contributed by atoms with Crippen LogP contribution in [0.25, 0.3) is 0 Å². The average molecular weight is 339 g/mol. The van der Waals surface area contributed by atoms with Crippen LogP contribution < -0.4 is 5.32 Å². The summed E-state index contributed by atoms with van der Waals surface area (Å²) < 4.78 is 0. The van der Waals surface area contributed by atoms with E-state index < -0.39 is 0 Å². The largest absolute Gasteiger partial charge is 0.324 e. The highest BCUT2D eigenvalue weighted by Crippen LogP contribution is 2.28. The molecule has 2 N–H and O–H groups in total. The van der Waals surface area contributed by atoms with E-state index in [0.717, 1.165) is 25.1 Å². The van der Waals surface area contributed by atoms with Gasteiger partial charge in [0, 0.05) is 35.9 Å². The van der Waals surface area contributed by atoms with Crippen LogP contribution >= 0.6 is 23.2 Å². The van der Waals surface area contributed by atoms with E-state index in [9.17, 15) is 4.79 Å². The monoisotopic (exact) mass is 338 g/mol. The summed E-state index contributed by atoms with van der Waals surface area (Å²) >= 11 is 12.0. The van der Waals surface area contributed by atoms with Crippen molar-refractivity contribution in [2.45, 2.75) is 18.8 Å². The van der Waals surface area contributed by atoms with Crippen molar-refractivity contribution in [2.24, 2.45) is 0 Å². The van der Waals surface area contributed by atoms with Crippen molar-refractivity contribution in [2.75, 3.05) is 18.4 Å². The quantitative estimate of drug-likeness (QED) is 0.864. The molecule has 0 radical (unpaired) electrons. The Kier molecular flexibility index (Phi) is 4.55. The van der Waals surface area contributed by atoms with Crippen LogP contribution in [0.5, 0.6) is 0 Å². The van der Waals surface area contributed by atoms with Crippen LogP contribution in [0.4, 0.5) is 10.5 Å². The molecule has 0 aliphatic carbocycles. The number of anilines is 1. The van der Waals surface area contributed by atoms with Crippen LogP contribution in [0.1, 0.15) is 24.5 Å². The molecule has 1 atom stereocenters. The summed E-state index contributed by atoms with van der Waals surface area (Å²) in [5.41, 5.74) is 1.60. The van der Waals surface area contributed by atoms with E-state index >= 15 is 0 Å². The summed E-state index contributed by atoms with van der Waals surface area (Å²) in [5, 5.41) is 10.8. The first-order chi connectivity index (χ1) is 10.6. The number of urea groups is 1. The minimum atomic E-state index is -0.159. The van der Waals surface area contributed by atoms with Gasteiger partial charge in [0.05, 0.1) is 10.7 Å². The molecule has 1 aromatic heterocycles. The van der Waals surface area contributed by atoms with Crippen molar-refractivity contribution >= 4 is 34.9 Å². The molecule has 1 aliphatic heterocycles. The molecule has 1 unspecified atom stereocenters. The highest BCUT2D eigenvalue weighted by Gasteiger charge is 2.25. The van der Waals surface area contributed by atoms with Gasteiger partial charge in [-0.3, -0.25) is 5.10 Å². The molecular formula is C15H16Cl2N4O. The minimum absolute atomic E-state index is 0.159. The molecule has 5 nitrogen and oxygen atoms in total. The molecule has 1 aliphatic rings. The number of likely N-dealkylation sites (tertiary alicyclic amines) is 1. The summed E-state index contributed by atoms with van der Waals surface area (Å²) in [6.45, 7) is 1.39. The lowest BCUT2D eigenvalue weighted by atomic mass is 9.95. The molecule has 116 valence electrons. The van der Waals surface area contributed by atoms with Gasteiger partial charge in [-0.25, -0.2) is 4.79 Å². The Hall–Kier alpha value is -1.72. The standard InChI is InChI=1S/C15H16Cl2N4O/c16-11-3-4-12(17)14(8-11)19-15(22)21-7-1-2-10(9-21)13-5-6-18-20-13/h3-6,8,10H,1-2,7,9H2,(H,18,20)(H,19,22). The zero-order valence-electron chi connectivity index (χ0n) is 11.9. The lowest BCUT2D eigenvalue weighted by Crippen LogP contribution is -2.41. The number of aromatic amines is 1. The summed E-state index contributed by atoms with van der Waals surface area (Å²) in [4.78, 5) is 14.2. The minimum Gasteiger partial charge on any atom is -0.324 e. The number of hydrogen-bond donors (Lipinski definition) is 2. The highest BCUT2D eigenvalue weighted by molar-refractivity contribution is 6.35. The van der Waals surface area contributed by atoms with Crippen molar-refractivity contribution in [3.8, 4) is 0 Å². The molecule has 0 saturated carbocycles. The summed E-state index contributed by atoms with van der Waals surface area (Å²) in [6.07, 6.45) is 3.74. The summed E-state index contributed by atoms with van der Waals surface area (Å²) in [6, 6.07) is 6.81. The van der Waals surface area contributed by atoms with Crippen molar-refractivity contribution in [1.29, 1.82) is 0 Å². The third-order valence-corrected chi connectivity index (χ3v) is 4.41. The number of nitrogens with zero attached hydrogens (tertiary/aromatic N) is 2. The van der Waals surface area contributed by atoms with Gasteiger partial charge in [0.2, 0.25) is 0 Å². The average Bonchev–Trinajstić information content (AvgIpc) is 3.05. The first-order valence-electron chi connectivity index (χ1n) is 7.14. The number of halogens is 2. The normalized spacial score (nSPS) is 18.3. The zero-order valence-corrected chi connectivity index (χ0v) is 13.4. The van der Waals surface area contributed by atoms with Gasteiger partial charge >= 0.3 is 6.03 Å². The molecule has 1 fully saturated rings. The summed E-state index contributed by atoms with van der Waals surface area (Å²) in [7, 11) is 0. The molecule has 2 amide bonds. The molecule has 2 aromatic rings. The van der Waals surface area contributed by atoms with E-state index in [4.69, 9.17) is 23.2 Å². The zero-order chi connectivity index (χ0) is 15.5. The Morgan fingerprint density at radius 1 is 1.36 bits per heavy atom. The van der Waals surface area contributed by atoms with Crippen molar-refractivity contribution < 1.29 is 4.79 Å². The Morgan fingerprint density at radius 3 is 3.00 bits per heavy atom. The van der Waals surface area contributed by atoms with Crippen molar-refractivity contribution in [3.63, 3.8) is 0 Å². The van der Waals surface area contributed by atoms with Gasteiger partial charge in [-0.2, -0.15) is 5.10 Å². The predicted octanol–water partition coefficient (Wildman–Crippen LogP) is 4.13. The Labute approximate surface area is 138 Å². The van der Waals surface area contributed by atoms with Gasteiger partial charge < -0.3 is 10.2 Å². The number of carbonyl (C=O) groups is 1. The lowest BCUT2D eigenvalue weighted by molar-refractivity contribution is 0.192. The van der Waals surface area contributed by atoms with Gasteiger partial charge in [-0.05, 0) is 37.1 Å². The third kappa shape index (κ3) is 3.36. The van der Waals surface area contributed by atoms with Gasteiger partial charge in [-0.1, -0.05) is 23.2 Å². The second-order valence-electron chi connectivity index (χ2n) is 5.35. The number of H-pyrrole nitrogens is 1. The first-order valence-corrected chi connectivity index (χ1v) is 7.89. The fraction of sp³-hybridized carbons (Fsp3) is 0.333. The number of carbonyl (C=O) groups excluding carboxylic acids is 1. The van der Waals surface area contributed by atoms with Crippen molar-refractivity contribution in [1.82, 2.24) is 15.1 Å². The molecule has 3 rings (SSSR count).